The van der Waals surface area contributed by atoms with E-state index in [0.717, 1.165) is 18.1 Å². The molecule has 0 radical (unpaired) electrons. The van der Waals surface area contributed by atoms with Gasteiger partial charge in [0.1, 0.15) is 5.58 Å². The Balaban J connectivity index is 1.78. The summed E-state index contributed by atoms with van der Waals surface area (Å²) in [5.74, 6) is -1.39. The highest BCUT2D eigenvalue weighted by Crippen LogP contribution is 2.15. The molecule has 0 saturated carbocycles. The van der Waals surface area contributed by atoms with Gasteiger partial charge in [0.25, 0.3) is 0 Å². The molecule has 0 aliphatic carbocycles. The molecule has 1 atom stereocenters. The van der Waals surface area contributed by atoms with Crippen molar-refractivity contribution in [2.75, 3.05) is 0 Å². The zero-order valence-electron chi connectivity index (χ0n) is 14.5. The number of Topliss-reactive ketones (excluding diaryl/α,β-unsaturated/α-hetero) is 1. The molecule has 0 fully saturated rings. The van der Waals surface area contributed by atoms with Gasteiger partial charge in [-0.05, 0) is 31.0 Å². The second-order valence-electron chi connectivity index (χ2n) is 5.93. The number of ether oxygens (including phenoxy) is 1. The fourth-order valence-electron chi connectivity index (χ4n) is 2.62. The van der Waals surface area contributed by atoms with Crippen LogP contribution in [0, 0.1) is 0 Å². The molecule has 1 heterocycles. The molecule has 3 rings (SSSR count). The van der Waals surface area contributed by atoms with Crippen LogP contribution in [-0.4, -0.2) is 17.9 Å². The van der Waals surface area contributed by atoms with Crippen molar-refractivity contribution in [1.29, 1.82) is 0 Å². The van der Waals surface area contributed by atoms with Gasteiger partial charge in [0.15, 0.2) is 11.5 Å². The molecule has 0 saturated heterocycles. The predicted octanol–water partition coefficient (Wildman–Crippen LogP) is 3.78. The van der Waals surface area contributed by atoms with Gasteiger partial charge in [-0.3, -0.25) is 9.59 Å². The minimum atomic E-state index is -0.994. The van der Waals surface area contributed by atoms with Crippen LogP contribution in [0.1, 0.15) is 40.3 Å². The van der Waals surface area contributed by atoms with Gasteiger partial charge in [-0.2, -0.15) is 0 Å². The molecule has 0 aliphatic rings. The minimum absolute atomic E-state index is 0.227. The van der Waals surface area contributed by atoms with Crippen LogP contribution in [0.4, 0.5) is 0 Å². The van der Waals surface area contributed by atoms with E-state index in [-0.39, 0.29) is 17.0 Å². The second kappa shape index (κ2) is 7.35. The SMILES string of the molecule is CCc1ccc(C(=O)C(C)OC(=O)c2cc(=O)c3ccccc3o2)cc1. The van der Waals surface area contributed by atoms with Crippen molar-refractivity contribution in [3.8, 4) is 0 Å². The molecular formula is C21H18O5. The number of para-hydroxylation sites is 1. The van der Waals surface area contributed by atoms with Crippen molar-refractivity contribution in [2.45, 2.75) is 26.4 Å². The Bertz CT molecular complexity index is 1010. The maximum atomic E-state index is 12.4. The normalized spacial score (nSPS) is 11.9. The van der Waals surface area contributed by atoms with E-state index in [4.69, 9.17) is 9.15 Å². The zero-order chi connectivity index (χ0) is 18.7. The van der Waals surface area contributed by atoms with Crippen LogP contribution in [0.15, 0.2) is 63.8 Å². The molecule has 5 heteroatoms. The summed E-state index contributed by atoms with van der Waals surface area (Å²) in [5.41, 5.74) is 1.53. The topological polar surface area (TPSA) is 73.6 Å². The van der Waals surface area contributed by atoms with Crippen LogP contribution in [0.25, 0.3) is 11.0 Å². The van der Waals surface area contributed by atoms with Gasteiger partial charge in [0.2, 0.25) is 11.5 Å². The minimum Gasteiger partial charge on any atom is -0.449 e. The van der Waals surface area contributed by atoms with Crippen molar-refractivity contribution < 1.29 is 18.7 Å². The number of fused-ring (bicyclic) bond motifs is 1. The van der Waals surface area contributed by atoms with Gasteiger partial charge in [-0.15, -0.1) is 0 Å². The summed E-state index contributed by atoms with van der Waals surface area (Å²) in [6, 6.07) is 14.9. The average Bonchev–Trinajstić information content (AvgIpc) is 2.67. The number of carbonyl (C=O) groups is 2. The molecule has 0 spiro atoms. The van der Waals surface area contributed by atoms with Gasteiger partial charge in [-0.1, -0.05) is 43.3 Å². The number of benzene rings is 2. The maximum Gasteiger partial charge on any atom is 0.375 e. The first-order valence-corrected chi connectivity index (χ1v) is 8.36. The van der Waals surface area contributed by atoms with Gasteiger partial charge < -0.3 is 9.15 Å². The number of ketones is 1. The number of aryl methyl sites for hydroxylation is 1. The molecule has 5 nitrogen and oxygen atoms in total. The molecule has 2 aromatic carbocycles. The zero-order valence-corrected chi connectivity index (χ0v) is 14.5. The third-order valence-electron chi connectivity index (χ3n) is 4.14. The third kappa shape index (κ3) is 3.57. The molecule has 132 valence electrons. The Labute approximate surface area is 150 Å². The van der Waals surface area contributed by atoms with Crippen LogP contribution in [-0.2, 0) is 11.2 Å². The first kappa shape index (κ1) is 17.6. The van der Waals surface area contributed by atoms with Crippen molar-refractivity contribution in [3.05, 3.63) is 81.7 Å². The molecule has 26 heavy (non-hydrogen) atoms. The summed E-state index contributed by atoms with van der Waals surface area (Å²) < 4.78 is 10.6. The Morgan fingerprint density at radius 1 is 1.08 bits per heavy atom. The Hall–Kier alpha value is -3.21. The number of hydrogen-bond acceptors (Lipinski definition) is 5. The lowest BCUT2D eigenvalue weighted by molar-refractivity contribution is 0.0289. The van der Waals surface area contributed by atoms with Crippen LogP contribution in [0.5, 0.6) is 0 Å². The monoisotopic (exact) mass is 350 g/mol. The van der Waals surface area contributed by atoms with E-state index in [2.05, 4.69) is 0 Å². The molecular weight excluding hydrogens is 332 g/mol. The van der Waals surface area contributed by atoms with E-state index in [1.165, 1.54) is 6.92 Å². The molecule has 0 aliphatic heterocycles. The average molecular weight is 350 g/mol. The van der Waals surface area contributed by atoms with Crippen LogP contribution >= 0.6 is 0 Å². The molecule has 1 aromatic heterocycles. The van der Waals surface area contributed by atoms with Crippen molar-refractivity contribution >= 4 is 22.7 Å². The smallest absolute Gasteiger partial charge is 0.375 e. The van der Waals surface area contributed by atoms with Crippen molar-refractivity contribution in [2.24, 2.45) is 0 Å². The fraction of sp³-hybridized carbons (Fsp3) is 0.190. The lowest BCUT2D eigenvalue weighted by atomic mass is 10.0. The van der Waals surface area contributed by atoms with E-state index in [1.54, 1.807) is 36.4 Å². The molecule has 0 bridgehead atoms. The number of hydrogen-bond donors (Lipinski definition) is 0. The summed E-state index contributed by atoms with van der Waals surface area (Å²) in [4.78, 5) is 36.8. The van der Waals surface area contributed by atoms with Crippen LogP contribution < -0.4 is 5.43 Å². The number of carbonyl (C=O) groups excluding carboxylic acids is 2. The van der Waals surface area contributed by atoms with Gasteiger partial charge in [-0.25, -0.2) is 4.79 Å². The molecule has 0 amide bonds. The second-order valence-corrected chi connectivity index (χ2v) is 5.93. The Morgan fingerprint density at radius 3 is 2.46 bits per heavy atom. The summed E-state index contributed by atoms with van der Waals surface area (Å²) in [5, 5.41) is 0.379. The predicted molar refractivity (Wildman–Crippen MR) is 97.5 cm³/mol. The summed E-state index contributed by atoms with van der Waals surface area (Å²) in [6.45, 7) is 3.52. The number of esters is 1. The van der Waals surface area contributed by atoms with Crippen LogP contribution in [0.2, 0.25) is 0 Å². The van der Waals surface area contributed by atoms with E-state index < -0.39 is 12.1 Å². The standard InChI is InChI=1S/C21H18O5/c1-3-14-8-10-15(11-9-14)20(23)13(2)25-21(24)19-12-17(22)16-6-4-5-7-18(16)26-19/h4-13H,3H2,1-2H3. The summed E-state index contributed by atoms with van der Waals surface area (Å²) >= 11 is 0. The van der Waals surface area contributed by atoms with Crippen molar-refractivity contribution in [3.63, 3.8) is 0 Å². The Morgan fingerprint density at radius 2 is 1.77 bits per heavy atom. The quantitative estimate of drug-likeness (QED) is 0.517. The first-order valence-electron chi connectivity index (χ1n) is 8.36. The van der Waals surface area contributed by atoms with Gasteiger partial charge >= 0.3 is 5.97 Å². The maximum absolute atomic E-state index is 12.4. The van der Waals surface area contributed by atoms with Crippen LogP contribution in [0.3, 0.4) is 0 Å². The molecule has 1 unspecified atom stereocenters. The van der Waals surface area contributed by atoms with E-state index in [1.807, 2.05) is 19.1 Å². The third-order valence-corrected chi connectivity index (χ3v) is 4.14. The molecule has 3 aromatic rings. The van der Waals surface area contributed by atoms with Gasteiger partial charge in [0, 0.05) is 11.6 Å². The van der Waals surface area contributed by atoms with E-state index in [0.29, 0.717) is 16.5 Å². The highest BCUT2D eigenvalue weighted by atomic mass is 16.6. The Kier molecular flexibility index (Phi) is 4.98. The van der Waals surface area contributed by atoms with Gasteiger partial charge in [0.05, 0.1) is 5.39 Å². The van der Waals surface area contributed by atoms with E-state index >= 15 is 0 Å². The lowest BCUT2D eigenvalue weighted by Gasteiger charge is -2.12. The summed E-state index contributed by atoms with van der Waals surface area (Å²) in [6.07, 6.45) is -0.119. The lowest BCUT2D eigenvalue weighted by Crippen LogP contribution is -2.25. The molecule has 0 N–H and O–H groups in total. The fourth-order valence-corrected chi connectivity index (χ4v) is 2.62. The largest absolute Gasteiger partial charge is 0.449 e. The van der Waals surface area contributed by atoms with Crippen molar-refractivity contribution in [1.82, 2.24) is 0 Å². The summed E-state index contributed by atoms with van der Waals surface area (Å²) in [7, 11) is 0. The highest BCUT2D eigenvalue weighted by molar-refractivity contribution is 6.01. The first-order chi connectivity index (χ1) is 12.5. The number of rotatable bonds is 5. The van der Waals surface area contributed by atoms with E-state index in [9.17, 15) is 14.4 Å². The highest BCUT2D eigenvalue weighted by Gasteiger charge is 2.22.